The number of nitrogens with one attached hydrogen (secondary N) is 2. The van der Waals surface area contributed by atoms with Crippen molar-refractivity contribution in [3.8, 4) is 11.8 Å². The van der Waals surface area contributed by atoms with Gasteiger partial charge in [-0.15, -0.1) is 0 Å². The number of carbonyl (C=O) groups excluding carboxylic acids is 2. The lowest BCUT2D eigenvalue weighted by atomic mass is 10.0. The molecule has 0 bridgehead atoms. The summed E-state index contributed by atoms with van der Waals surface area (Å²) in [7, 11) is 1.52. The Labute approximate surface area is 233 Å². The molecule has 0 radical (unpaired) electrons. The SMILES string of the molecule is CCOc1cnc(NC(=O)N(C)[C@H]2CN(c3nccc(OC(=O)NC4CCN(C(C)C)CC4)n3)CC[C@H]2F)cn1. The number of hydrogen-bond donors (Lipinski definition) is 2. The second-order valence-corrected chi connectivity index (χ2v) is 10.2. The number of likely N-dealkylation sites (N-methyl/N-ethyl adjacent to an activating group) is 1. The maximum Gasteiger partial charge on any atom is 0.414 e. The van der Waals surface area contributed by atoms with Crippen molar-refractivity contribution in [1.82, 2.24) is 35.1 Å². The fourth-order valence-electron chi connectivity index (χ4n) is 4.79. The average Bonchev–Trinajstić information content (AvgIpc) is 2.94. The molecule has 0 spiro atoms. The largest absolute Gasteiger partial charge is 0.477 e. The summed E-state index contributed by atoms with van der Waals surface area (Å²) in [5, 5.41) is 5.55. The van der Waals surface area contributed by atoms with E-state index in [0.717, 1.165) is 25.9 Å². The van der Waals surface area contributed by atoms with Crippen LogP contribution in [0, 0.1) is 0 Å². The molecule has 0 aromatic carbocycles. The number of rotatable bonds is 8. The number of urea groups is 1. The molecule has 4 heterocycles. The van der Waals surface area contributed by atoms with Gasteiger partial charge in [-0.2, -0.15) is 4.98 Å². The molecule has 40 heavy (non-hydrogen) atoms. The average molecular weight is 560 g/mol. The third-order valence-electron chi connectivity index (χ3n) is 7.15. The van der Waals surface area contributed by atoms with Gasteiger partial charge in [0.25, 0.3) is 0 Å². The van der Waals surface area contributed by atoms with E-state index in [1.165, 1.54) is 36.6 Å². The summed E-state index contributed by atoms with van der Waals surface area (Å²) in [6.45, 7) is 8.96. The van der Waals surface area contributed by atoms with Crippen LogP contribution in [0.5, 0.6) is 11.8 Å². The first-order valence-electron chi connectivity index (χ1n) is 13.7. The van der Waals surface area contributed by atoms with Crippen molar-refractivity contribution >= 4 is 23.9 Å². The van der Waals surface area contributed by atoms with E-state index in [9.17, 15) is 14.0 Å². The van der Waals surface area contributed by atoms with E-state index in [2.05, 4.69) is 49.3 Å². The Morgan fingerprint density at radius 3 is 2.58 bits per heavy atom. The third-order valence-corrected chi connectivity index (χ3v) is 7.15. The summed E-state index contributed by atoms with van der Waals surface area (Å²) in [6, 6.07) is 0.736. The molecule has 0 saturated carbocycles. The highest BCUT2D eigenvalue weighted by molar-refractivity contribution is 5.88. The number of aromatic nitrogens is 4. The second-order valence-electron chi connectivity index (χ2n) is 10.2. The Kier molecular flexibility index (Phi) is 9.85. The van der Waals surface area contributed by atoms with E-state index in [4.69, 9.17) is 9.47 Å². The molecule has 2 aromatic rings. The molecule has 0 aliphatic carbocycles. The Morgan fingerprint density at radius 1 is 1.12 bits per heavy atom. The van der Waals surface area contributed by atoms with Crippen molar-refractivity contribution in [2.75, 3.05) is 50.1 Å². The minimum atomic E-state index is -1.24. The molecule has 2 atom stereocenters. The Hall–Kier alpha value is -3.81. The fourth-order valence-corrected chi connectivity index (χ4v) is 4.79. The standard InChI is InChI=1S/C26H38FN9O4/c1-5-39-23-15-29-21(14-30-23)32-25(37)34(4)20-16-36(13-9-19(20)27)24-28-10-6-22(33-24)40-26(38)31-18-7-11-35(12-8-18)17(2)3/h6,10,14-15,17-20H,5,7-9,11-13,16H2,1-4H3,(H,31,38)(H,29,32,37)/t19-,20+/m1/s1. The first-order valence-corrected chi connectivity index (χ1v) is 13.7. The molecule has 2 fully saturated rings. The van der Waals surface area contributed by atoms with Crippen LogP contribution < -0.4 is 25.0 Å². The topological polar surface area (TPSA) is 138 Å². The highest BCUT2D eigenvalue weighted by Gasteiger charge is 2.35. The van der Waals surface area contributed by atoms with E-state index in [0.29, 0.717) is 31.0 Å². The number of nitrogens with zero attached hydrogens (tertiary/aromatic N) is 7. The Bertz CT molecular complexity index is 1130. The molecule has 2 saturated heterocycles. The van der Waals surface area contributed by atoms with E-state index < -0.39 is 24.3 Å². The van der Waals surface area contributed by atoms with E-state index in [-0.39, 0.29) is 30.7 Å². The van der Waals surface area contributed by atoms with Crippen molar-refractivity contribution in [2.45, 2.75) is 64.3 Å². The molecule has 218 valence electrons. The number of halogens is 1. The number of carbonyl (C=O) groups is 2. The van der Waals surface area contributed by atoms with Crippen LogP contribution in [0.3, 0.4) is 0 Å². The molecule has 2 aliphatic heterocycles. The Balaban J connectivity index is 1.32. The lowest BCUT2D eigenvalue weighted by molar-refractivity contribution is 0.133. The predicted octanol–water partition coefficient (Wildman–Crippen LogP) is 2.71. The van der Waals surface area contributed by atoms with Crippen LogP contribution in [0.15, 0.2) is 24.7 Å². The smallest absolute Gasteiger partial charge is 0.414 e. The normalized spacial score (nSPS) is 20.2. The predicted molar refractivity (Wildman–Crippen MR) is 146 cm³/mol. The van der Waals surface area contributed by atoms with Crippen LogP contribution in [-0.2, 0) is 0 Å². The number of piperidine rings is 2. The van der Waals surface area contributed by atoms with Gasteiger partial charge in [0.05, 0.1) is 25.0 Å². The van der Waals surface area contributed by atoms with Gasteiger partial charge in [-0.1, -0.05) is 0 Å². The molecular weight excluding hydrogens is 521 g/mol. The van der Waals surface area contributed by atoms with Crippen molar-refractivity contribution in [1.29, 1.82) is 0 Å². The first-order chi connectivity index (χ1) is 19.2. The van der Waals surface area contributed by atoms with Gasteiger partial charge in [0, 0.05) is 57.6 Å². The highest BCUT2D eigenvalue weighted by Crippen LogP contribution is 2.24. The van der Waals surface area contributed by atoms with Crippen molar-refractivity contribution in [3.05, 3.63) is 24.7 Å². The van der Waals surface area contributed by atoms with Crippen LogP contribution in [0.2, 0.25) is 0 Å². The summed E-state index contributed by atoms with van der Waals surface area (Å²) >= 11 is 0. The van der Waals surface area contributed by atoms with E-state index in [1.807, 2.05) is 6.92 Å². The molecule has 3 amide bonds. The van der Waals surface area contributed by atoms with Gasteiger partial charge in [0.1, 0.15) is 6.17 Å². The zero-order chi connectivity index (χ0) is 28.6. The highest BCUT2D eigenvalue weighted by atomic mass is 19.1. The van der Waals surface area contributed by atoms with Gasteiger partial charge in [-0.05, 0) is 40.0 Å². The molecule has 4 rings (SSSR count). The van der Waals surface area contributed by atoms with Crippen molar-refractivity contribution in [2.24, 2.45) is 0 Å². The summed E-state index contributed by atoms with van der Waals surface area (Å²) in [4.78, 5) is 47.6. The summed E-state index contributed by atoms with van der Waals surface area (Å²) in [5.74, 6) is 0.955. The Morgan fingerprint density at radius 2 is 1.90 bits per heavy atom. The maximum atomic E-state index is 15.0. The van der Waals surface area contributed by atoms with Crippen LogP contribution in [0.1, 0.15) is 40.0 Å². The van der Waals surface area contributed by atoms with Crippen LogP contribution in [0.25, 0.3) is 0 Å². The zero-order valence-corrected chi connectivity index (χ0v) is 23.4. The van der Waals surface area contributed by atoms with Gasteiger partial charge in [0.2, 0.25) is 17.7 Å². The van der Waals surface area contributed by atoms with Crippen LogP contribution in [-0.4, -0.2) is 106 Å². The number of hydrogen-bond acceptors (Lipinski definition) is 10. The van der Waals surface area contributed by atoms with Crippen LogP contribution in [0.4, 0.5) is 25.7 Å². The zero-order valence-electron chi connectivity index (χ0n) is 23.4. The first kappa shape index (κ1) is 29.2. The van der Waals surface area contributed by atoms with Gasteiger partial charge in [-0.3, -0.25) is 5.32 Å². The van der Waals surface area contributed by atoms with Crippen LogP contribution >= 0.6 is 0 Å². The maximum absolute atomic E-state index is 15.0. The second kappa shape index (κ2) is 13.5. The number of ether oxygens (including phenoxy) is 2. The fraction of sp³-hybridized carbons (Fsp3) is 0.615. The number of amides is 3. The van der Waals surface area contributed by atoms with E-state index in [1.54, 1.807) is 4.90 Å². The van der Waals surface area contributed by atoms with Crippen molar-refractivity contribution < 1.29 is 23.5 Å². The van der Waals surface area contributed by atoms with Crippen molar-refractivity contribution in [3.63, 3.8) is 0 Å². The quantitative estimate of drug-likeness (QED) is 0.496. The number of anilines is 2. The molecule has 2 aromatic heterocycles. The molecule has 0 unspecified atom stereocenters. The summed E-state index contributed by atoms with van der Waals surface area (Å²) in [6.07, 6.45) is 4.34. The minimum absolute atomic E-state index is 0.0448. The summed E-state index contributed by atoms with van der Waals surface area (Å²) < 4.78 is 25.6. The molecule has 13 nitrogen and oxygen atoms in total. The monoisotopic (exact) mass is 559 g/mol. The molecule has 2 N–H and O–H groups in total. The van der Waals surface area contributed by atoms with Gasteiger partial charge >= 0.3 is 12.1 Å². The number of likely N-dealkylation sites (tertiary alicyclic amines) is 1. The summed E-state index contributed by atoms with van der Waals surface area (Å²) in [5.41, 5.74) is 0. The van der Waals surface area contributed by atoms with Gasteiger partial charge in [-0.25, -0.2) is 28.9 Å². The van der Waals surface area contributed by atoms with E-state index >= 15 is 0 Å². The molecule has 14 heteroatoms. The lowest BCUT2D eigenvalue weighted by Crippen LogP contribution is -2.55. The third kappa shape index (κ3) is 7.64. The molecule has 2 aliphatic rings. The van der Waals surface area contributed by atoms with Gasteiger partial charge in [0.15, 0.2) is 5.82 Å². The molecular formula is C26H38FN9O4. The number of alkyl halides is 1. The lowest BCUT2D eigenvalue weighted by Gasteiger charge is -2.39. The van der Waals surface area contributed by atoms with Gasteiger partial charge < -0.3 is 29.5 Å². The minimum Gasteiger partial charge on any atom is -0.477 e.